The second-order valence-corrected chi connectivity index (χ2v) is 5.33. The maximum absolute atomic E-state index is 11.1. The summed E-state index contributed by atoms with van der Waals surface area (Å²) in [5.41, 5.74) is 0.263. The van der Waals surface area contributed by atoms with Crippen LogP contribution in [0, 0.1) is 6.92 Å². The van der Waals surface area contributed by atoms with Gasteiger partial charge >= 0.3 is 5.97 Å². The molecule has 0 radical (unpaired) electrons. The number of carboxylic acid groups (broad SMARTS) is 1. The van der Waals surface area contributed by atoms with Gasteiger partial charge in [-0.2, -0.15) is 0 Å². The number of carboxylic acids is 1. The van der Waals surface area contributed by atoms with E-state index in [1.54, 1.807) is 0 Å². The summed E-state index contributed by atoms with van der Waals surface area (Å²) in [7, 11) is -3.89. The van der Waals surface area contributed by atoms with E-state index in [4.69, 9.17) is 10.2 Å². The van der Waals surface area contributed by atoms with Crippen molar-refractivity contribution in [1.82, 2.24) is 0 Å². The van der Waals surface area contributed by atoms with Crippen LogP contribution < -0.4 is 5.14 Å². The molecule has 0 saturated heterocycles. The summed E-state index contributed by atoms with van der Waals surface area (Å²) >= 11 is 3.03. The zero-order chi connectivity index (χ0) is 11.8. The maximum Gasteiger partial charge on any atom is 0.336 e. The zero-order valence-electron chi connectivity index (χ0n) is 7.69. The summed E-state index contributed by atoms with van der Waals surface area (Å²) in [6.45, 7) is 1.54. The van der Waals surface area contributed by atoms with E-state index >= 15 is 0 Å². The first-order chi connectivity index (χ1) is 6.73. The van der Waals surface area contributed by atoms with Gasteiger partial charge in [-0.05, 0) is 40.5 Å². The Morgan fingerprint density at radius 1 is 1.47 bits per heavy atom. The topological polar surface area (TPSA) is 97.5 Å². The number of halogens is 1. The Morgan fingerprint density at radius 3 is 2.40 bits per heavy atom. The Labute approximate surface area is 95.1 Å². The van der Waals surface area contributed by atoms with Crippen molar-refractivity contribution in [1.29, 1.82) is 0 Å². The molecule has 0 aliphatic heterocycles. The Morgan fingerprint density at radius 2 is 2.00 bits per heavy atom. The predicted octanol–water partition coefficient (Wildman–Crippen LogP) is 1.10. The number of hydrogen-bond acceptors (Lipinski definition) is 3. The van der Waals surface area contributed by atoms with Gasteiger partial charge in [-0.3, -0.25) is 0 Å². The number of primary sulfonamides is 1. The fourth-order valence-electron chi connectivity index (χ4n) is 1.12. The Kier molecular flexibility index (Phi) is 3.17. The Balaban J connectivity index is 3.58. The lowest BCUT2D eigenvalue weighted by molar-refractivity contribution is 0.0695. The highest BCUT2D eigenvalue weighted by molar-refractivity contribution is 9.10. The van der Waals surface area contributed by atoms with E-state index in [9.17, 15) is 13.2 Å². The highest BCUT2D eigenvalue weighted by Gasteiger charge is 2.17. The second kappa shape index (κ2) is 3.92. The molecule has 5 nitrogen and oxygen atoms in total. The van der Waals surface area contributed by atoms with Crippen molar-refractivity contribution < 1.29 is 18.3 Å². The number of benzene rings is 1. The summed E-state index contributed by atoms with van der Waals surface area (Å²) in [5.74, 6) is -1.22. The van der Waals surface area contributed by atoms with Gasteiger partial charge in [0.15, 0.2) is 0 Å². The maximum atomic E-state index is 11.1. The Bertz CT molecular complexity index is 524. The molecule has 0 spiro atoms. The minimum atomic E-state index is -3.89. The van der Waals surface area contributed by atoms with Crippen LogP contribution in [0.1, 0.15) is 15.9 Å². The summed E-state index contributed by atoms with van der Waals surface area (Å²) in [4.78, 5) is 10.6. The molecule has 0 amide bonds. The molecule has 1 aromatic carbocycles. The molecule has 0 unspecified atom stereocenters. The SMILES string of the molecule is Cc1cc(Br)c(C(=O)O)cc1S(N)(=O)=O. The van der Waals surface area contributed by atoms with Crippen LogP contribution in [-0.2, 0) is 10.0 Å². The lowest BCUT2D eigenvalue weighted by Crippen LogP contribution is -2.15. The summed E-state index contributed by atoms with van der Waals surface area (Å²) in [6, 6.07) is 2.44. The van der Waals surface area contributed by atoms with Gasteiger partial charge in [0, 0.05) is 4.47 Å². The number of nitrogens with two attached hydrogens (primary N) is 1. The van der Waals surface area contributed by atoms with E-state index in [2.05, 4.69) is 15.9 Å². The number of aryl methyl sites for hydroxylation is 1. The molecule has 0 atom stereocenters. The van der Waals surface area contributed by atoms with Gasteiger partial charge in [0.1, 0.15) is 0 Å². The number of aromatic carboxylic acids is 1. The number of rotatable bonds is 2. The van der Waals surface area contributed by atoms with Crippen LogP contribution in [-0.4, -0.2) is 19.5 Å². The van der Waals surface area contributed by atoms with Crippen LogP contribution in [0.3, 0.4) is 0 Å². The highest BCUT2D eigenvalue weighted by atomic mass is 79.9. The quantitative estimate of drug-likeness (QED) is 0.853. The van der Waals surface area contributed by atoms with Crippen molar-refractivity contribution in [3.05, 3.63) is 27.7 Å². The normalized spacial score (nSPS) is 11.4. The summed E-state index contributed by atoms with van der Waals surface area (Å²) in [6.07, 6.45) is 0. The molecule has 0 aromatic heterocycles. The first-order valence-electron chi connectivity index (χ1n) is 3.79. The van der Waals surface area contributed by atoms with Crippen LogP contribution in [0.4, 0.5) is 0 Å². The van der Waals surface area contributed by atoms with Gasteiger partial charge in [-0.1, -0.05) is 0 Å². The first-order valence-corrected chi connectivity index (χ1v) is 6.13. The molecular formula is C8H8BrNO4S. The fraction of sp³-hybridized carbons (Fsp3) is 0.125. The molecule has 1 rings (SSSR count). The van der Waals surface area contributed by atoms with Crippen molar-refractivity contribution in [2.45, 2.75) is 11.8 Å². The van der Waals surface area contributed by atoms with Crippen LogP contribution in [0.15, 0.2) is 21.5 Å². The minimum absolute atomic E-state index is 0.135. The van der Waals surface area contributed by atoms with E-state index in [0.29, 0.717) is 10.0 Å². The van der Waals surface area contributed by atoms with E-state index in [1.807, 2.05) is 0 Å². The molecule has 0 aliphatic carbocycles. The molecule has 0 saturated carbocycles. The number of hydrogen-bond donors (Lipinski definition) is 2. The zero-order valence-corrected chi connectivity index (χ0v) is 10.1. The van der Waals surface area contributed by atoms with Crippen molar-refractivity contribution >= 4 is 31.9 Å². The van der Waals surface area contributed by atoms with Crippen molar-refractivity contribution in [3.63, 3.8) is 0 Å². The van der Waals surface area contributed by atoms with Gasteiger partial charge in [0.25, 0.3) is 0 Å². The largest absolute Gasteiger partial charge is 0.478 e. The van der Waals surface area contributed by atoms with Crippen LogP contribution in [0.2, 0.25) is 0 Å². The van der Waals surface area contributed by atoms with Gasteiger partial charge in [0.2, 0.25) is 10.0 Å². The second-order valence-electron chi connectivity index (χ2n) is 2.95. The van der Waals surface area contributed by atoms with Crippen LogP contribution in [0.5, 0.6) is 0 Å². The molecule has 7 heteroatoms. The molecule has 0 fully saturated rings. The predicted molar refractivity (Wildman–Crippen MR) is 57.2 cm³/mol. The van der Waals surface area contributed by atoms with Crippen molar-refractivity contribution in [2.75, 3.05) is 0 Å². The molecule has 82 valence electrons. The molecule has 0 bridgehead atoms. The summed E-state index contributed by atoms with van der Waals surface area (Å²) < 4.78 is 22.5. The summed E-state index contributed by atoms with van der Waals surface area (Å²) in [5, 5.41) is 13.7. The standard InChI is InChI=1S/C8H8BrNO4S/c1-4-2-6(9)5(8(11)12)3-7(4)15(10,13)14/h2-3H,1H3,(H,11,12)(H2,10,13,14). The van der Waals surface area contributed by atoms with E-state index in [1.165, 1.54) is 13.0 Å². The molecule has 1 aromatic rings. The van der Waals surface area contributed by atoms with Crippen molar-refractivity contribution in [2.24, 2.45) is 5.14 Å². The third-order valence-corrected chi connectivity index (χ3v) is 3.51. The average molecular weight is 294 g/mol. The molecule has 0 heterocycles. The van der Waals surface area contributed by atoms with E-state index in [0.717, 1.165) is 6.07 Å². The molecule has 0 aliphatic rings. The monoisotopic (exact) mass is 293 g/mol. The number of carbonyl (C=O) groups is 1. The Hall–Kier alpha value is -0.920. The highest BCUT2D eigenvalue weighted by Crippen LogP contribution is 2.24. The minimum Gasteiger partial charge on any atom is -0.478 e. The third kappa shape index (κ3) is 2.55. The van der Waals surface area contributed by atoms with Crippen molar-refractivity contribution in [3.8, 4) is 0 Å². The average Bonchev–Trinajstić information content (AvgIpc) is 2.00. The van der Waals surface area contributed by atoms with Crippen LogP contribution in [0.25, 0.3) is 0 Å². The lowest BCUT2D eigenvalue weighted by atomic mass is 10.1. The van der Waals surface area contributed by atoms with Gasteiger partial charge in [-0.15, -0.1) is 0 Å². The third-order valence-electron chi connectivity index (χ3n) is 1.80. The lowest BCUT2D eigenvalue weighted by Gasteiger charge is -2.06. The molecular weight excluding hydrogens is 286 g/mol. The van der Waals surface area contributed by atoms with Crippen LogP contribution >= 0.6 is 15.9 Å². The van der Waals surface area contributed by atoms with Gasteiger partial charge in [-0.25, -0.2) is 18.4 Å². The first kappa shape index (κ1) is 12.2. The van der Waals surface area contributed by atoms with Gasteiger partial charge in [0.05, 0.1) is 10.5 Å². The smallest absolute Gasteiger partial charge is 0.336 e. The molecule has 3 N–H and O–H groups in total. The number of sulfonamides is 1. The van der Waals surface area contributed by atoms with E-state index < -0.39 is 16.0 Å². The van der Waals surface area contributed by atoms with E-state index in [-0.39, 0.29) is 10.5 Å². The fourth-order valence-corrected chi connectivity index (χ4v) is 2.54. The van der Waals surface area contributed by atoms with Gasteiger partial charge < -0.3 is 5.11 Å². The molecule has 15 heavy (non-hydrogen) atoms.